The molecule has 1 aromatic rings. The van der Waals surface area contributed by atoms with Crippen molar-refractivity contribution in [3.05, 3.63) is 35.9 Å². The van der Waals surface area contributed by atoms with Gasteiger partial charge < -0.3 is 0 Å². The molecular weight excluding hydrogens is 119 g/mol. The Morgan fingerprint density at radius 1 is 1.50 bits per heavy atom. The van der Waals surface area contributed by atoms with Gasteiger partial charge in [-0.3, -0.25) is 0 Å². The Bertz CT molecular complexity index is 218. The van der Waals surface area contributed by atoms with Crippen LogP contribution in [0.2, 0.25) is 6.32 Å². The molecule has 0 aliphatic rings. The van der Waals surface area contributed by atoms with Gasteiger partial charge in [0.15, 0.2) is 0 Å². The predicted molar refractivity (Wildman–Crippen MR) is 45.4 cm³/mol. The van der Waals surface area contributed by atoms with Crippen molar-refractivity contribution in [2.75, 3.05) is 0 Å². The summed E-state index contributed by atoms with van der Waals surface area (Å²) < 4.78 is 7.79. The second-order valence-corrected chi connectivity index (χ2v) is 2.35. The third-order valence-corrected chi connectivity index (χ3v) is 1.57. The lowest BCUT2D eigenvalue weighted by atomic mass is 9.87. The molecule has 0 aliphatic carbocycles. The summed E-state index contributed by atoms with van der Waals surface area (Å²) in [5.74, 6) is -0.638. The minimum absolute atomic E-state index is 0.358. The first-order valence-electron chi connectivity index (χ1n) is 3.92. The molecule has 1 aromatic carbocycles. The molecule has 2 radical (unpaired) electrons. The highest BCUT2D eigenvalue weighted by molar-refractivity contribution is 6.09. The van der Waals surface area contributed by atoms with Crippen LogP contribution in [0.3, 0.4) is 0 Å². The van der Waals surface area contributed by atoms with Crippen molar-refractivity contribution in [3.63, 3.8) is 0 Å². The van der Waals surface area contributed by atoms with Crippen LogP contribution in [0.1, 0.15) is 19.8 Å². The Labute approximate surface area is 65.1 Å². The van der Waals surface area contributed by atoms with E-state index in [1.54, 1.807) is 0 Å². The zero-order chi connectivity index (χ0) is 8.32. The highest BCUT2D eigenvalue weighted by atomic mass is 14.0. The van der Waals surface area contributed by atoms with Crippen LogP contribution in [-0.4, -0.2) is 7.85 Å². The summed E-state index contributed by atoms with van der Waals surface area (Å²) >= 11 is 0. The minimum Gasteiger partial charge on any atom is -0.0822 e. The summed E-state index contributed by atoms with van der Waals surface area (Å²) in [5.41, 5.74) is 0.975. The third-order valence-electron chi connectivity index (χ3n) is 1.57. The summed E-state index contributed by atoms with van der Waals surface area (Å²) in [7, 11) is 5.45. The average molecular weight is 131 g/mol. The number of rotatable bonds is 2. The highest BCUT2D eigenvalue weighted by Crippen LogP contribution is 2.16. The van der Waals surface area contributed by atoms with Crippen molar-refractivity contribution in [2.45, 2.75) is 19.1 Å². The Balaban J connectivity index is 2.93. The van der Waals surface area contributed by atoms with Gasteiger partial charge >= 0.3 is 0 Å². The molecule has 1 heteroatoms. The molecule has 0 heterocycles. The van der Waals surface area contributed by atoms with Crippen molar-refractivity contribution in [1.82, 2.24) is 0 Å². The Hall–Kier alpha value is -0.715. The predicted octanol–water partition coefficient (Wildman–Crippen LogP) is 2.38. The Kier molecular flexibility index (Phi) is 2.08. The zero-order valence-electron chi connectivity index (χ0n) is 7.17. The summed E-state index contributed by atoms with van der Waals surface area (Å²) in [6.07, 6.45) is 0.358. The van der Waals surface area contributed by atoms with Gasteiger partial charge in [0.25, 0.3) is 0 Å². The number of hydrogen-bond donors (Lipinski definition) is 0. The van der Waals surface area contributed by atoms with Crippen LogP contribution in [-0.2, 0) is 0 Å². The number of benzene rings is 1. The first-order chi connectivity index (χ1) is 5.17. The standard InChI is InChI=1S/C9H11B/c1-8(7-10)9-5-3-2-4-6-9/h2-6,8H,7H2,1H3/i8D. The SMILES string of the molecule is [2H]C(C)(C[B])c1ccccc1. The molecule has 0 spiro atoms. The van der Waals surface area contributed by atoms with Crippen LogP contribution >= 0.6 is 0 Å². The van der Waals surface area contributed by atoms with Crippen LogP contribution in [0.25, 0.3) is 0 Å². The van der Waals surface area contributed by atoms with E-state index in [1.807, 2.05) is 37.3 Å². The van der Waals surface area contributed by atoms with Crippen LogP contribution in [0, 0.1) is 0 Å². The average Bonchev–Trinajstić information content (AvgIpc) is 2.06. The van der Waals surface area contributed by atoms with Crippen LogP contribution in [0.15, 0.2) is 30.3 Å². The van der Waals surface area contributed by atoms with Crippen molar-refractivity contribution >= 4 is 7.85 Å². The van der Waals surface area contributed by atoms with E-state index < -0.39 is 5.89 Å². The molecule has 0 amide bonds. The van der Waals surface area contributed by atoms with Crippen molar-refractivity contribution in [2.24, 2.45) is 0 Å². The van der Waals surface area contributed by atoms with Gasteiger partial charge in [-0.15, -0.1) is 0 Å². The largest absolute Gasteiger partial charge is 0.0822 e. The topological polar surface area (TPSA) is 0 Å². The zero-order valence-corrected chi connectivity index (χ0v) is 6.17. The lowest BCUT2D eigenvalue weighted by Gasteiger charge is -2.06. The Morgan fingerprint density at radius 2 is 2.10 bits per heavy atom. The summed E-state index contributed by atoms with van der Waals surface area (Å²) in [5, 5.41) is 0. The van der Waals surface area contributed by atoms with Gasteiger partial charge in [0.2, 0.25) is 0 Å². The van der Waals surface area contributed by atoms with Gasteiger partial charge in [-0.05, 0) is 11.5 Å². The van der Waals surface area contributed by atoms with Gasteiger partial charge in [-0.1, -0.05) is 43.6 Å². The van der Waals surface area contributed by atoms with Gasteiger partial charge in [-0.2, -0.15) is 0 Å². The maximum Gasteiger partial charge on any atom is 0.0661 e. The van der Waals surface area contributed by atoms with Crippen LogP contribution < -0.4 is 0 Å². The number of hydrogen-bond acceptors (Lipinski definition) is 0. The van der Waals surface area contributed by atoms with E-state index in [4.69, 9.17) is 9.22 Å². The molecule has 10 heavy (non-hydrogen) atoms. The summed E-state index contributed by atoms with van der Waals surface area (Å²) in [6.45, 7) is 1.82. The fraction of sp³-hybridized carbons (Fsp3) is 0.333. The molecule has 0 N–H and O–H groups in total. The lowest BCUT2D eigenvalue weighted by Crippen LogP contribution is -1.90. The maximum atomic E-state index is 7.79. The van der Waals surface area contributed by atoms with Gasteiger partial charge in [0, 0.05) is 1.37 Å². The first kappa shape index (κ1) is 6.02. The molecule has 0 fully saturated rings. The fourth-order valence-electron chi connectivity index (χ4n) is 0.841. The second-order valence-electron chi connectivity index (χ2n) is 2.35. The molecule has 0 saturated heterocycles. The van der Waals surface area contributed by atoms with Crippen molar-refractivity contribution in [1.29, 1.82) is 0 Å². The summed E-state index contributed by atoms with van der Waals surface area (Å²) in [6, 6.07) is 9.66. The molecule has 1 atom stereocenters. The van der Waals surface area contributed by atoms with Crippen LogP contribution in [0.4, 0.5) is 0 Å². The molecule has 1 unspecified atom stereocenters. The Morgan fingerprint density at radius 3 is 2.60 bits per heavy atom. The third kappa shape index (κ3) is 1.63. The van der Waals surface area contributed by atoms with Gasteiger partial charge in [0.05, 0.1) is 7.85 Å². The molecule has 50 valence electrons. The van der Waals surface area contributed by atoms with E-state index in [1.165, 1.54) is 0 Å². The second kappa shape index (κ2) is 3.45. The molecule has 1 rings (SSSR count). The maximum absolute atomic E-state index is 7.79. The first-order valence-corrected chi connectivity index (χ1v) is 3.42. The minimum atomic E-state index is -0.638. The van der Waals surface area contributed by atoms with E-state index in [2.05, 4.69) is 0 Å². The molecule has 0 saturated carbocycles. The van der Waals surface area contributed by atoms with E-state index in [0.717, 1.165) is 5.56 Å². The van der Waals surface area contributed by atoms with E-state index in [0.29, 0.717) is 6.32 Å². The quantitative estimate of drug-likeness (QED) is 0.540. The molecule has 0 aromatic heterocycles. The molecule has 0 aliphatic heterocycles. The smallest absolute Gasteiger partial charge is 0.0661 e. The van der Waals surface area contributed by atoms with Gasteiger partial charge in [0.1, 0.15) is 0 Å². The lowest BCUT2D eigenvalue weighted by molar-refractivity contribution is 0.864. The van der Waals surface area contributed by atoms with E-state index in [9.17, 15) is 0 Å². The van der Waals surface area contributed by atoms with Crippen molar-refractivity contribution in [3.8, 4) is 0 Å². The monoisotopic (exact) mass is 131 g/mol. The normalized spacial score (nSPS) is 17.5. The van der Waals surface area contributed by atoms with Gasteiger partial charge in [-0.25, -0.2) is 0 Å². The van der Waals surface area contributed by atoms with E-state index >= 15 is 0 Å². The van der Waals surface area contributed by atoms with E-state index in [-0.39, 0.29) is 0 Å². The highest BCUT2D eigenvalue weighted by Gasteiger charge is 1.98. The summed E-state index contributed by atoms with van der Waals surface area (Å²) in [4.78, 5) is 0. The fourth-order valence-corrected chi connectivity index (χ4v) is 0.841. The molecule has 0 nitrogen and oxygen atoms in total. The molecule has 0 bridgehead atoms. The molecular formula is C9H11B. The van der Waals surface area contributed by atoms with Crippen molar-refractivity contribution < 1.29 is 1.37 Å². The van der Waals surface area contributed by atoms with Crippen LogP contribution in [0.5, 0.6) is 0 Å².